The van der Waals surface area contributed by atoms with Crippen molar-refractivity contribution in [3.8, 4) is 0 Å². The van der Waals surface area contributed by atoms with Gasteiger partial charge in [-0.25, -0.2) is 8.42 Å². The third-order valence-corrected chi connectivity index (χ3v) is 4.30. The third kappa shape index (κ3) is 4.70. The van der Waals surface area contributed by atoms with E-state index in [9.17, 15) is 13.2 Å². The van der Waals surface area contributed by atoms with Crippen molar-refractivity contribution in [3.05, 3.63) is 78.4 Å². The zero-order valence-corrected chi connectivity index (χ0v) is 15.0. The highest BCUT2D eigenvalue weighted by molar-refractivity contribution is 7.92. The van der Waals surface area contributed by atoms with Gasteiger partial charge in [0, 0.05) is 17.5 Å². The lowest BCUT2D eigenvalue weighted by Crippen LogP contribution is -2.10. The summed E-state index contributed by atoms with van der Waals surface area (Å²) in [7, 11) is -3.32. The summed E-state index contributed by atoms with van der Waals surface area (Å²) in [5.41, 5.74) is 1.99. The molecule has 0 heterocycles. The first kappa shape index (κ1) is 17.7. The van der Waals surface area contributed by atoms with Crippen LogP contribution in [-0.4, -0.2) is 20.6 Å². The fourth-order valence-electron chi connectivity index (χ4n) is 2.58. The molecule has 3 aromatic carbocycles. The van der Waals surface area contributed by atoms with Gasteiger partial charge in [-0.05, 0) is 46.7 Å². The van der Waals surface area contributed by atoms with Gasteiger partial charge in [0.05, 0.1) is 6.26 Å². The van der Waals surface area contributed by atoms with E-state index in [1.54, 1.807) is 30.3 Å². The van der Waals surface area contributed by atoms with E-state index in [-0.39, 0.29) is 5.91 Å². The average Bonchev–Trinajstić information content (AvgIpc) is 2.60. The molecule has 0 fully saturated rings. The van der Waals surface area contributed by atoms with Crippen LogP contribution in [0.3, 0.4) is 0 Å². The lowest BCUT2D eigenvalue weighted by Gasteiger charge is -2.06. The quantitative estimate of drug-likeness (QED) is 0.673. The largest absolute Gasteiger partial charge is 0.323 e. The fraction of sp³-hybridized carbons (Fsp3) is 0.0500. The molecule has 5 nitrogen and oxygen atoms in total. The van der Waals surface area contributed by atoms with Crippen LogP contribution in [0.4, 0.5) is 11.4 Å². The van der Waals surface area contributed by atoms with Crippen LogP contribution in [-0.2, 0) is 14.8 Å². The maximum Gasteiger partial charge on any atom is 0.248 e. The highest BCUT2D eigenvalue weighted by Gasteiger charge is 2.03. The molecule has 0 saturated carbocycles. The number of hydrogen-bond acceptors (Lipinski definition) is 3. The van der Waals surface area contributed by atoms with Crippen molar-refractivity contribution in [1.82, 2.24) is 0 Å². The number of amides is 1. The van der Waals surface area contributed by atoms with Crippen LogP contribution in [0.1, 0.15) is 5.56 Å². The van der Waals surface area contributed by atoms with Crippen molar-refractivity contribution in [3.63, 3.8) is 0 Å². The van der Waals surface area contributed by atoms with E-state index in [1.165, 1.54) is 6.08 Å². The molecule has 0 aliphatic heterocycles. The second-order valence-electron chi connectivity index (χ2n) is 5.84. The third-order valence-electron chi connectivity index (χ3n) is 3.69. The second kappa shape index (κ2) is 7.41. The Morgan fingerprint density at radius 3 is 2.27 bits per heavy atom. The van der Waals surface area contributed by atoms with Crippen LogP contribution in [0.2, 0.25) is 0 Å². The molecule has 6 heteroatoms. The van der Waals surface area contributed by atoms with Gasteiger partial charge in [0.25, 0.3) is 0 Å². The zero-order chi connectivity index (χ0) is 18.6. The lowest BCUT2D eigenvalue weighted by molar-refractivity contribution is -0.111. The van der Waals surface area contributed by atoms with Crippen molar-refractivity contribution >= 4 is 44.2 Å². The maximum atomic E-state index is 12.1. The van der Waals surface area contributed by atoms with Crippen LogP contribution in [0.25, 0.3) is 16.8 Å². The van der Waals surface area contributed by atoms with Gasteiger partial charge < -0.3 is 5.32 Å². The van der Waals surface area contributed by atoms with E-state index in [4.69, 9.17) is 0 Å². The summed E-state index contributed by atoms with van der Waals surface area (Å²) in [5.74, 6) is -0.262. The minimum absolute atomic E-state index is 0.262. The topological polar surface area (TPSA) is 75.3 Å². The molecule has 0 aliphatic carbocycles. The van der Waals surface area contributed by atoms with Gasteiger partial charge in [0.1, 0.15) is 0 Å². The van der Waals surface area contributed by atoms with E-state index in [1.807, 2.05) is 42.5 Å². The van der Waals surface area contributed by atoms with Crippen LogP contribution < -0.4 is 10.0 Å². The molecule has 132 valence electrons. The van der Waals surface area contributed by atoms with Crippen LogP contribution in [0, 0.1) is 0 Å². The molecule has 2 N–H and O–H groups in total. The van der Waals surface area contributed by atoms with Gasteiger partial charge >= 0.3 is 0 Å². The lowest BCUT2D eigenvalue weighted by atomic mass is 10.0. The van der Waals surface area contributed by atoms with Gasteiger partial charge in [-0.3, -0.25) is 9.52 Å². The van der Waals surface area contributed by atoms with Crippen molar-refractivity contribution in [2.24, 2.45) is 0 Å². The molecular formula is C20H18N2O3S. The molecule has 1 amide bonds. The molecule has 3 rings (SSSR count). The Morgan fingerprint density at radius 1 is 0.885 bits per heavy atom. The first-order chi connectivity index (χ1) is 12.4. The number of nitrogens with one attached hydrogen (secondary N) is 2. The van der Waals surface area contributed by atoms with Gasteiger partial charge in [-0.1, -0.05) is 42.5 Å². The van der Waals surface area contributed by atoms with Gasteiger partial charge in [-0.15, -0.1) is 0 Å². The number of sulfonamides is 1. The molecule has 0 aromatic heterocycles. The van der Waals surface area contributed by atoms with Gasteiger partial charge in [0.15, 0.2) is 0 Å². The number of fused-ring (bicyclic) bond motifs is 1. The van der Waals surface area contributed by atoms with Crippen molar-refractivity contribution < 1.29 is 13.2 Å². The Morgan fingerprint density at radius 2 is 1.54 bits per heavy atom. The zero-order valence-electron chi connectivity index (χ0n) is 14.1. The molecule has 0 saturated heterocycles. The van der Waals surface area contributed by atoms with E-state index in [2.05, 4.69) is 10.0 Å². The van der Waals surface area contributed by atoms with Crippen molar-refractivity contribution in [1.29, 1.82) is 0 Å². The smallest absolute Gasteiger partial charge is 0.248 e. The van der Waals surface area contributed by atoms with Gasteiger partial charge in [0.2, 0.25) is 15.9 Å². The number of rotatable bonds is 5. The molecule has 0 bridgehead atoms. The normalized spacial score (nSPS) is 11.6. The fourth-order valence-corrected chi connectivity index (χ4v) is 3.15. The van der Waals surface area contributed by atoms with Crippen molar-refractivity contribution in [2.45, 2.75) is 0 Å². The molecule has 0 radical (unpaired) electrons. The number of hydrogen-bond donors (Lipinski definition) is 2. The maximum absolute atomic E-state index is 12.1. The highest BCUT2D eigenvalue weighted by Crippen LogP contribution is 2.20. The summed E-state index contributed by atoms with van der Waals surface area (Å²) < 4.78 is 24.7. The standard InChI is InChI=1S/C20H18N2O3S/c1-26(24,25)22-18-12-10-17(11-13-18)21-20(23)14-9-16-7-4-6-15-5-2-3-8-19(15)16/h2-14,22H,1H3,(H,21,23)/b14-9+. The number of carbonyl (C=O) groups excluding carboxylic acids is 1. The summed E-state index contributed by atoms with van der Waals surface area (Å²) in [5, 5.41) is 4.94. The molecule has 0 unspecified atom stereocenters. The van der Waals surface area contributed by atoms with E-state index >= 15 is 0 Å². The minimum Gasteiger partial charge on any atom is -0.323 e. The summed E-state index contributed by atoms with van der Waals surface area (Å²) in [6.45, 7) is 0. The summed E-state index contributed by atoms with van der Waals surface area (Å²) in [6, 6.07) is 20.4. The van der Waals surface area contributed by atoms with E-state index in [0.29, 0.717) is 11.4 Å². The SMILES string of the molecule is CS(=O)(=O)Nc1ccc(NC(=O)/C=C/c2cccc3ccccc23)cc1. The number of carbonyl (C=O) groups is 1. The summed E-state index contributed by atoms with van der Waals surface area (Å²) in [4.78, 5) is 12.1. The Balaban J connectivity index is 1.69. The number of anilines is 2. The average molecular weight is 366 g/mol. The molecule has 0 aliphatic rings. The Kier molecular flexibility index (Phi) is 5.04. The molecule has 0 atom stereocenters. The summed E-state index contributed by atoms with van der Waals surface area (Å²) >= 11 is 0. The predicted octanol–water partition coefficient (Wildman–Crippen LogP) is 3.86. The minimum atomic E-state index is -3.32. The molecule has 3 aromatic rings. The first-order valence-corrected chi connectivity index (χ1v) is 9.84. The molecule has 26 heavy (non-hydrogen) atoms. The van der Waals surface area contributed by atoms with E-state index in [0.717, 1.165) is 22.6 Å². The van der Waals surface area contributed by atoms with E-state index < -0.39 is 10.0 Å². The van der Waals surface area contributed by atoms with Crippen LogP contribution >= 0.6 is 0 Å². The van der Waals surface area contributed by atoms with Gasteiger partial charge in [-0.2, -0.15) is 0 Å². The Bertz CT molecular complexity index is 1070. The first-order valence-electron chi connectivity index (χ1n) is 7.95. The summed E-state index contributed by atoms with van der Waals surface area (Å²) in [6.07, 6.45) is 4.34. The van der Waals surface area contributed by atoms with Crippen LogP contribution in [0.15, 0.2) is 72.8 Å². The molecular weight excluding hydrogens is 348 g/mol. The molecule has 0 spiro atoms. The second-order valence-corrected chi connectivity index (χ2v) is 7.59. The van der Waals surface area contributed by atoms with Crippen LogP contribution in [0.5, 0.6) is 0 Å². The monoisotopic (exact) mass is 366 g/mol. The van der Waals surface area contributed by atoms with Crippen molar-refractivity contribution in [2.75, 3.05) is 16.3 Å². The predicted molar refractivity (Wildman–Crippen MR) is 107 cm³/mol. The Labute approximate surface area is 152 Å². The number of benzene rings is 3. The Hall–Kier alpha value is -3.12. The highest BCUT2D eigenvalue weighted by atomic mass is 32.2.